The third-order valence-corrected chi connectivity index (χ3v) is 1.92. The maximum atomic E-state index is 11.2. The molecular weight excluding hydrogens is 164 g/mol. The molecular formula is C10H20N2O. The maximum absolute atomic E-state index is 11.2. The van der Waals surface area contributed by atoms with Gasteiger partial charge in [0.15, 0.2) is 0 Å². The Hall–Kier alpha value is -0.830. The minimum Gasteiger partial charge on any atom is -0.352 e. The van der Waals surface area contributed by atoms with Gasteiger partial charge in [-0.25, -0.2) is 0 Å². The van der Waals surface area contributed by atoms with E-state index >= 15 is 0 Å². The van der Waals surface area contributed by atoms with Crippen molar-refractivity contribution >= 4 is 5.91 Å². The molecule has 76 valence electrons. The number of carbonyl (C=O) groups is 1. The maximum Gasteiger partial charge on any atom is 0.234 e. The van der Waals surface area contributed by atoms with Crippen LogP contribution in [0.25, 0.3) is 0 Å². The Balaban J connectivity index is 3.53. The van der Waals surface area contributed by atoms with Crippen LogP contribution < -0.4 is 10.6 Å². The van der Waals surface area contributed by atoms with Crippen LogP contribution in [0.1, 0.15) is 26.7 Å². The van der Waals surface area contributed by atoms with Gasteiger partial charge in [0.2, 0.25) is 5.91 Å². The third-order valence-electron chi connectivity index (χ3n) is 1.92. The summed E-state index contributed by atoms with van der Waals surface area (Å²) in [5.74, 6) is 0.0653. The average Bonchev–Trinajstić information content (AvgIpc) is 2.14. The molecule has 0 aromatic carbocycles. The van der Waals surface area contributed by atoms with Gasteiger partial charge >= 0.3 is 0 Å². The minimum atomic E-state index is 0.0653. The Morgan fingerprint density at radius 1 is 1.46 bits per heavy atom. The number of hydrogen-bond acceptors (Lipinski definition) is 2. The molecule has 0 bridgehead atoms. The van der Waals surface area contributed by atoms with E-state index in [1.54, 1.807) is 6.08 Å². The van der Waals surface area contributed by atoms with Gasteiger partial charge in [-0.2, -0.15) is 0 Å². The molecule has 0 aliphatic carbocycles. The summed E-state index contributed by atoms with van der Waals surface area (Å²) in [6, 6.07) is 0.318. The van der Waals surface area contributed by atoms with Crippen LogP contribution in [0.15, 0.2) is 12.7 Å². The Labute approximate surface area is 80.6 Å². The van der Waals surface area contributed by atoms with Crippen molar-refractivity contribution in [3.05, 3.63) is 12.7 Å². The molecule has 0 radical (unpaired) electrons. The zero-order valence-electron chi connectivity index (χ0n) is 8.60. The molecule has 1 amide bonds. The predicted molar refractivity (Wildman–Crippen MR) is 55.6 cm³/mol. The first kappa shape index (κ1) is 12.2. The van der Waals surface area contributed by atoms with Gasteiger partial charge in [-0.1, -0.05) is 19.9 Å². The summed E-state index contributed by atoms with van der Waals surface area (Å²) in [4.78, 5) is 11.2. The van der Waals surface area contributed by atoms with E-state index in [1.165, 1.54) is 0 Å². The molecule has 0 fully saturated rings. The van der Waals surface area contributed by atoms with Gasteiger partial charge in [0.05, 0.1) is 6.54 Å². The molecule has 0 saturated heterocycles. The van der Waals surface area contributed by atoms with E-state index in [4.69, 9.17) is 0 Å². The Bertz CT molecular complexity index is 153. The smallest absolute Gasteiger partial charge is 0.234 e. The Kier molecular flexibility index (Phi) is 7.30. The van der Waals surface area contributed by atoms with Gasteiger partial charge < -0.3 is 10.6 Å². The van der Waals surface area contributed by atoms with Gasteiger partial charge in [-0.3, -0.25) is 4.79 Å². The first-order valence-electron chi connectivity index (χ1n) is 4.85. The van der Waals surface area contributed by atoms with Crippen molar-refractivity contribution in [2.45, 2.75) is 32.7 Å². The molecule has 0 aliphatic heterocycles. The molecule has 0 aliphatic rings. The molecule has 0 unspecified atom stereocenters. The lowest BCUT2D eigenvalue weighted by Crippen LogP contribution is -2.39. The van der Waals surface area contributed by atoms with E-state index in [9.17, 15) is 4.79 Å². The minimum absolute atomic E-state index is 0.0653. The van der Waals surface area contributed by atoms with Gasteiger partial charge in [-0.05, 0) is 12.8 Å². The zero-order chi connectivity index (χ0) is 10.1. The Morgan fingerprint density at radius 3 is 2.54 bits per heavy atom. The highest BCUT2D eigenvalue weighted by atomic mass is 16.1. The summed E-state index contributed by atoms with van der Waals surface area (Å²) in [7, 11) is 0. The van der Waals surface area contributed by atoms with E-state index in [0.29, 0.717) is 19.1 Å². The van der Waals surface area contributed by atoms with Gasteiger partial charge in [0.25, 0.3) is 0 Å². The molecule has 0 rings (SSSR count). The highest BCUT2D eigenvalue weighted by Crippen LogP contribution is 1.94. The number of carbonyl (C=O) groups excluding carboxylic acids is 1. The normalized spacial score (nSPS) is 10.1. The van der Waals surface area contributed by atoms with Crippen molar-refractivity contribution in [3.63, 3.8) is 0 Å². The largest absolute Gasteiger partial charge is 0.352 e. The van der Waals surface area contributed by atoms with E-state index < -0.39 is 0 Å². The highest BCUT2D eigenvalue weighted by Gasteiger charge is 2.06. The van der Waals surface area contributed by atoms with E-state index in [0.717, 1.165) is 12.8 Å². The van der Waals surface area contributed by atoms with Gasteiger partial charge in [0, 0.05) is 12.6 Å². The first-order chi connectivity index (χ1) is 6.24. The van der Waals surface area contributed by atoms with Crippen LogP contribution in [-0.2, 0) is 4.79 Å². The van der Waals surface area contributed by atoms with E-state index in [1.807, 2.05) is 0 Å². The van der Waals surface area contributed by atoms with Crippen molar-refractivity contribution in [1.82, 2.24) is 10.6 Å². The number of amides is 1. The van der Waals surface area contributed by atoms with Crippen LogP contribution in [0.2, 0.25) is 0 Å². The average molecular weight is 184 g/mol. The van der Waals surface area contributed by atoms with Crippen molar-refractivity contribution in [2.24, 2.45) is 0 Å². The summed E-state index contributed by atoms with van der Waals surface area (Å²) in [5, 5.41) is 5.90. The standard InChI is InChI=1S/C10H20N2O/c1-4-7-11-8-10(13)12-9(5-2)6-3/h4,9,11H,1,5-8H2,2-3H3,(H,12,13). The van der Waals surface area contributed by atoms with Gasteiger partial charge in [-0.15, -0.1) is 6.58 Å². The summed E-state index contributed by atoms with van der Waals surface area (Å²) in [5.41, 5.74) is 0. The quantitative estimate of drug-likeness (QED) is 0.459. The van der Waals surface area contributed by atoms with Crippen molar-refractivity contribution in [3.8, 4) is 0 Å². The van der Waals surface area contributed by atoms with E-state index in [2.05, 4.69) is 31.1 Å². The molecule has 0 aromatic rings. The summed E-state index contributed by atoms with van der Waals surface area (Å²) >= 11 is 0. The predicted octanol–water partition coefficient (Wildman–Crippen LogP) is 1.07. The second-order valence-electron chi connectivity index (χ2n) is 3.00. The van der Waals surface area contributed by atoms with Crippen molar-refractivity contribution in [2.75, 3.05) is 13.1 Å². The topological polar surface area (TPSA) is 41.1 Å². The lowest BCUT2D eigenvalue weighted by Gasteiger charge is -2.14. The van der Waals surface area contributed by atoms with Crippen molar-refractivity contribution in [1.29, 1.82) is 0 Å². The molecule has 0 heterocycles. The molecule has 0 aromatic heterocycles. The molecule has 13 heavy (non-hydrogen) atoms. The van der Waals surface area contributed by atoms with E-state index in [-0.39, 0.29) is 5.91 Å². The first-order valence-corrected chi connectivity index (χ1v) is 4.85. The third kappa shape index (κ3) is 6.34. The lowest BCUT2D eigenvalue weighted by molar-refractivity contribution is -0.120. The highest BCUT2D eigenvalue weighted by molar-refractivity contribution is 5.78. The number of rotatable bonds is 7. The van der Waals surface area contributed by atoms with Crippen LogP contribution in [0.4, 0.5) is 0 Å². The second-order valence-corrected chi connectivity index (χ2v) is 3.00. The molecule has 0 saturated carbocycles. The molecule has 3 nitrogen and oxygen atoms in total. The SMILES string of the molecule is C=CCNCC(=O)NC(CC)CC. The summed E-state index contributed by atoms with van der Waals surface area (Å²) in [6.45, 7) is 8.76. The zero-order valence-corrected chi connectivity index (χ0v) is 8.60. The summed E-state index contributed by atoms with van der Waals surface area (Å²) in [6.07, 6.45) is 3.72. The lowest BCUT2D eigenvalue weighted by atomic mass is 10.2. The fraction of sp³-hybridized carbons (Fsp3) is 0.700. The number of hydrogen-bond donors (Lipinski definition) is 2. The number of nitrogens with one attached hydrogen (secondary N) is 2. The fourth-order valence-electron chi connectivity index (χ4n) is 1.06. The molecule has 3 heteroatoms. The van der Waals surface area contributed by atoms with Gasteiger partial charge in [0.1, 0.15) is 0 Å². The molecule has 0 atom stereocenters. The van der Waals surface area contributed by atoms with Crippen LogP contribution in [0, 0.1) is 0 Å². The Morgan fingerprint density at radius 2 is 2.08 bits per heavy atom. The fourth-order valence-corrected chi connectivity index (χ4v) is 1.06. The van der Waals surface area contributed by atoms with Crippen LogP contribution in [0.5, 0.6) is 0 Å². The van der Waals surface area contributed by atoms with Crippen molar-refractivity contribution < 1.29 is 4.79 Å². The molecule has 0 spiro atoms. The molecule has 2 N–H and O–H groups in total. The van der Waals surface area contributed by atoms with Crippen LogP contribution >= 0.6 is 0 Å². The monoisotopic (exact) mass is 184 g/mol. The summed E-state index contributed by atoms with van der Waals surface area (Å²) < 4.78 is 0. The van der Waals surface area contributed by atoms with Crippen LogP contribution in [-0.4, -0.2) is 25.0 Å². The second kappa shape index (κ2) is 7.80. The van der Waals surface area contributed by atoms with Crippen LogP contribution in [0.3, 0.4) is 0 Å².